The van der Waals surface area contributed by atoms with E-state index in [4.69, 9.17) is 9.84 Å². The zero-order valence-electron chi connectivity index (χ0n) is 13.9. The summed E-state index contributed by atoms with van der Waals surface area (Å²) in [6, 6.07) is 3.07. The largest absolute Gasteiger partial charge is 0.479 e. The summed E-state index contributed by atoms with van der Waals surface area (Å²) in [5, 5.41) is 12.6. The maximum absolute atomic E-state index is 14.0. The highest BCUT2D eigenvalue weighted by Crippen LogP contribution is 2.24. The van der Waals surface area contributed by atoms with Crippen LogP contribution in [0.3, 0.4) is 0 Å². The van der Waals surface area contributed by atoms with Crippen LogP contribution < -0.4 is 4.74 Å². The van der Waals surface area contributed by atoms with Gasteiger partial charge in [-0.05, 0) is 25.1 Å². The van der Waals surface area contributed by atoms with Gasteiger partial charge in [-0.2, -0.15) is 9.40 Å². The number of nitrogens with zero attached hydrogens (tertiary/aromatic N) is 3. The molecule has 25 heavy (non-hydrogen) atoms. The number of hydrogen-bond acceptors (Lipinski definition) is 5. The molecule has 1 N–H and O–H groups in total. The van der Waals surface area contributed by atoms with Gasteiger partial charge in [-0.25, -0.2) is 17.6 Å². The van der Waals surface area contributed by atoms with Crippen molar-refractivity contribution < 1.29 is 27.4 Å². The van der Waals surface area contributed by atoms with E-state index in [-0.39, 0.29) is 17.2 Å². The van der Waals surface area contributed by atoms with Crippen molar-refractivity contribution in [3.8, 4) is 5.75 Å². The number of halogens is 1. The molecule has 0 aliphatic rings. The molecule has 0 atom stereocenters. The Morgan fingerprint density at radius 2 is 2.12 bits per heavy atom. The van der Waals surface area contributed by atoms with Crippen molar-refractivity contribution in [2.75, 3.05) is 13.7 Å². The van der Waals surface area contributed by atoms with Crippen LogP contribution in [-0.2, 0) is 28.4 Å². The summed E-state index contributed by atoms with van der Waals surface area (Å²) in [6.45, 7) is 1.18. The molecule has 0 fully saturated rings. The maximum atomic E-state index is 14.0. The molecule has 10 heteroatoms. The van der Waals surface area contributed by atoms with Crippen LogP contribution >= 0.6 is 0 Å². The van der Waals surface area contributed by atoms with Crippen LogP contribution in [0, 0.1) is 12.7 Å². The Labute approximate surface area is 144 Å². The normalized spacial score (nSPS) is 11.7. The van der Waals surface area contributed by atoms with Crippen molar-refractivity contribution in [1.82, 2.24) is 14.1 Å². The van der Waals surface area contributed by atoms with Crippen molar-refractivity contribution in [1.29, 1.82) is 0 Å². The minimum atomic E-state index is -3.93. The van der Waals surface area contributed by atoms with E-state index >= 15 is 0 Å². The topological polar surface area (TPSA) is 102 Å². The lowest BCUT2D eigenvalue weighted by molar-refractivity contribution is -0.139. The summed E-state index contributed by atoms with van der Waals surface area (Å²) in [6.07, 6.45) is 1.57. The number of aromatic nitrogens is 2. The minimum Gasteiger partial charge on any atom is -0.479 e. The van der Waals surface area contributed by atoms with Crippen molar-refractivity contribution in [2.24, 2.45) is 7.05 Å². The summed E-state index contributed by atoms with van der Waals surface area (Å²) in [4.78, 5) is 10.2. The van der Waals surface area contributed by atoms with Crippen LogP contribution in [0.1, 0.15) is 11.3 Å². The van der Waals surface area contributed by atoms with E-state index in [0.29, 0.717) is 0 Å². The lowest BCUT2D eigenvalue weighted by Gasteiger charge is -2.17. The predicted octanol–water partition coefficient (Wildman–Crippen LogP) is 1.15. The van der Waals surface area contributed by atoms with E-state index in [1.165, 1.54) is 13.1 Å². The first-order valence-corrected chi connectivity index (χ1v) is 8.65. The van der Waals surface area contributed by atoms with Gasteiger partial charge in [-0.15, -0.1) is 0 Å². The second-order valence-corrected chi connectivity index (χ2v) is 7.46. The van der Waals surface area contributed by atoms with E-state index in [2.05, 4.69) is 5.10 Å². The van der Waals surface area contributed by atoms with Crippen LogP contribution in [0.5, 0.6) is 5.75 Å². The molecule has 1 heterocycles. The number of ether oxygens (including phenoxy) is 1. The molecule has 136 valence electrons. The van der Waals surface area contributed by atoms with Gasteiger partial charge in [0.1, 0.15) is 0 Å². The highest BCUT2D eigenvalue weighted by molar-refractivity contribution is 7.89. The molecule has 8 nitrogen and oxygen atoms in total. The van der Waals surface area contributed by atoms with Gasteiger partial charge < -0.3 is 9.84 Å². The van der Waals surface area contributed by atoms with E-state index < -0.39 is 28.4 Å². The molecule has 1 aromatic carbocycles. The van der Waals surface area contributed by atoms with Gasteiger partial charge in [-0.1, -0.05) is 0 Å². The lowest BCUT2D eigenvalue weighted by Crippen LogP contribution is -2.26. The fourth-order valence-corrected chi connectivity index (χ4v) is 3.26. The number of aryl methyl sites for hydroxylation is 1. The van der Waals surface area contributed by atoms with Crippen molar-refractivity contribution in [3.63, 3.8) is 0 Å². The minimum absolute atomic E-state index is 0.0842. The Morgan fingerprint density at radius 1 is 1.44 bits per heavy atom. The Bertz CT molecular complexity index is 895. The molecule has 0 unspecified atom stereocenters. The lowest BCUT2D eigenvalue weighted by atomic mass is 10.3. The smallest absolute Gasteiger partial charge is 0.341 e. The van der Waals surface area contributed by atoms with Crippen molar-refractivity contribution in [2.45, 2.75) is 18.4 Å². The van der Waals surface area contributed by atoms with E-state index in [9.17, 15) is 17.6 Å². The second-order valence-electron chi connectivity index (χ2n) is 5.41. The first kappa shape index (κ1) is 18.9. The number of rotatable bonds is 7. The maximum Gasteiger partial charge on any atom is 0.341 e. The number of carboxylic acids is 1. The SMILES string of the molecule is Cc1c(CN(C)S(=O)(=O)c2ccc(OCC(=O)O)c(F)c2)cnn1C. The number of hydrogen-bond donors (Lipinski definition) is 1. The predicted molar refractivity (Wildman–Crippen MR) is 86.1 cm³/mol. The molecule has 0 radical (unpaired) electrons. The van der Waals surface area contributed by atoms with Gasteiger partial charge >= 0.3 is 5.97 Å². The van der Waals surface area contributed by atoms with Crippen LogP contribution in [-0.4, -0.2) is 47.2 Å². The van der Waals surface area contributed by atoms with E-state index in [1.807, 2.05) is 6.92 Å². The molecule has 0 aliphatic heterocycles. The Morgan fingerprint density at radius 3 is 2.64 bits per heavy atom. The summed E-state index contributed by atoms with van der Waals surface area (Å²) < 4.78 is 46.6. The number of carboxylic acid groups (broad SMARTS) is 1. The first-order chi connectivity index (χ1) is 11.6. The summed E-state index contributed by atoms with van der Waals surface area (Å²) >= 11 is 0. The first-order valence-electron chi connectivity index (χ1n) is 7.21. The molecule has 1 aromatic heterocycles. The molecule has 0 spiro atoms. The number of benzene rings is 1. The third kappa shape index (κ3) is 4.15. The third-order valence-corrected chi connectivity index (χ3v) is 5.49. The van der Waals surface area contributed by atoms with Gasteiger partial charge in [0.25, 0.3) is 0 Å². The number of carbonyl (C=O) groups is 1. The standard InChI is InChI=1S/C15H18FN3O5S/c1-10-11(7-17-19(10)3)8-18(2)25(22,23)12-4-5-14(13(16)6-12)24-9-15(20)21/h4-7H,8-9H2,1-3H3,(H,20,21). The average molecular weight is 371 g/mol. The Hall–Kier alpha value is -2.46. The van der Waals surface area contributed by atoms with Crippen LogP contribution in [0.4, 0.5) is 4.39 Å². The van der Waals surface area contributed by atoms with Gasteiger partial charge in [0.15, 0.2) is 18.2 Å². The molecule has 0 bridgehead atoms. The zero-order chi connectivity index (χ0) is 18.8. The highest BCUT2D eigenvalue weighted by Gasteiger charge is 2.23. The molecule has 0 aliphatic carbocycles. The highest BCUT2D eigenvalue weighted by atomic mass is 32.2. The van der Waals surface area contributed by atoms with Crippen LogP contribution in [0.25, 0.3) is 0 Å². The van der Waals surface area contributed by atoms with Gasteiger partial charge in [0, 0.05) is 31.9 Å². The van der Waals surface area contributed by atoms with Gasteiger partial charge in [0.05, 0.1) is 11.1 Å². The van der Waals surface area contributed by atoms with Crippen molar-refractivity contribution >= 4 is 16.0 Å². The molecular weight excluding hydrogens is 353 g/mol. The number of sulfonamides is 1. The van der Waals surface area contributed by atoms with Gasteiger partial charge in [-0.3, -0.25) is 4.68 Å². The zero-order valence-corrected chi connectivity index (χ0v) is 14.7. The molecule has 2 aromatic rings. The van der Waals surface area contributed by atoms with Crippen LogP contribution in [0.2, 0.25) is 0 Å². The number of aliphatic carboxylic acids is 1. The van der Waals surface area contributed by atoms with Crippen molar-refractivity contribution in [3.05, 3.63) is 41.5 Å². The van der Waals surface area contributed by atoms with Gasteiger partial charge in [0.2, 0.25) is 10.0 Å². The van der Waals surface area contributed by atoms with E-state index in [0.717, 1.165) is 27.7 Å². The Kier molecular flexibility index (Phi) is 5.43. The Balaban J connectivity index is 2.22. The summed E-state index contributed by atoms with van der Waals surface area (Å²) in [7, 11) is -0.799. The molecular formula is C15H18FN3O5S. The molecule has 0 saturated carbocycles. The fourth-order valence-electron chi connectivity index (χ4n) is 2.10. The molecule has 0 saturated heterocycles. The van der Waals surface area contributed by atoms with Crippen LogP contribution in [0.15, 0.2) is 29.3 Å². The second kappa shape index (κ2) is 7.19. The average Bonchev–Trinajstić information content (AvgIpc) is 2.85. The molecule has 0 amide bonds. The quantitative estimate of drug-likeness (QED) is 0.783. The monoisotopic (exact) mass is 371 g/mol. The fraction of sp³-hybridized carbons (Fsp3) is 0.333. The summed E-state index contributed by atoms with van der Waals surface area (Å²) in [5.41, 5.74) is 1.56. The third-order valence-electron chi connectivity index (χ3n) is 3.69. The van der Waals surface area contributed by atoms with E-state index in [1.54, 1.807) is 17.9 Å². The summed E-state index contributed by atoms with van der Waals surface area (Å²) in [5.74, 6) is -2.54. The molecule has 2 rings (SSSR count).